The molecule has 3 rings (SSSR count). The number of anilines is 1. The monoisotopic (exact) mass is 357 g/mol. The van der Waals surface area contributed by atoms with Gasteiger partial charge in [-0.05, 0) is 37.6 Å². The van der Waals surface area contributed by atoms with Gasteiger partial charge in [0.2, 0.25) is 0 Å². The molecule has 6 nitrogen and oxygen atoms in total. The van der Waals surface area contributed by atoms with Crippen LogP contribution in [0.1, 0.15) is 22.5 Å². The highest BCUT2D eigenvalue weighted by molar-refractivity contribution is 7.67. The van der Waals surface area contributed by atoms with Gasteiger partial charge in [0, 0.05) is 22.9 Å². The van der Waals surface area contributed by atoms with Crippen molar-refractivity contribution in [1.82, 2.24) is 9.97 Å². The molecule has 0 saturated heterocycles. The van der Waals surface area contributed by atoms with E-state index in [1.54, 1.807) is 14.2 Å². The molecule has 0 aliphatic carbocycles. The van der Waals surface area contributed by atoms with Gasteiger partial charge in [0.1, 0.15) is 27.6 Å². The second-order valence-corrected chi connectivity index (χ2v) is 6.27. The van der Waals surface area contributed by atoms with E-state index in [0.717, 1.165) is 22.2 Å². The minimum absolute atomic E-state index is 0.361. The summed E-state index contributed by atoms with van der Waals surface area (Å²) in [6.07, 6.45) is 0. The number of benzene rings is 2. The maximum atomic E-state index is 11.9. The van der Waals surface area contributed by atoms with Crippen LogP contribution in [-0.2, 0) is 11.3 Å². The first-order valence-electron chi connectivity index (χ1n) is 7.65. The Morgan fingerprint density at radius 2 is 1.96 bits per heavy atom. The highest BCUT2D eigenvalue weighted by Crippen LogP contribution is 2.32. The smallest absolute Gasteiger partial charge is 0.152 e. The molecule has 7 heteroatoms. The third-order valence-corrected chi connectivity index (χ3v) is 4.72. The van der Waals surface area contributed by atoms with E-state index in [-0.39, 0.29) is 0 Å². The Labute approximate surface area is 149 Å². The highest BCUT2D eigenvalue weighted by atomic mass is 32.1. The fraction of sp³-hybridized carbons (Fsp3) is 0.222. The minimum Gasteiger partial charge on any atom is -0.497 e. The standard InChI is InChI=1S/C18H19N3O3S/c1-9-7-12(19)15(10(2)16(9)24-4)17(25-22)18-20-13-6-5-11(23-3)8-14(13)21-18/h5-8H,19H2,1-4H3,(H,20,21). The van der Waals surface area contributed by atoms with Crippen molar-refractivity contribution in [1.29, 1.82) is 0 Å². The maximum Gasteiger partial charge on any atom is 0.152 e. The van der Waals surface area contributed by atoms with Crippen LogP contribution in [0.4, 0.5) is 5.69 Å². The molecule has 0 spiro atoms. The number of nitrogens with zero attached hydrogens (tertiary/aromatic N) is 1. The second kappa shape index (κ2) is 6.60. The van der Waals surface area contributed by atoms with Gasteiger partial charge in [-0.25, -0.2) is 9.19 Å². The van der Waals surface area contributed by atoms with E-state index in [2.05, 4.69) is 9.97 Å². The number of nitrogens with two attached hydrogens (primary N) is 1. The number of aromatic amines is 1. The van der Waals surface area contributed by atoms with E-state index in [1.165, 1.54) is 0 Å². The van der Waals surface area contributed by atoms with E-state index >= 15 is 0 Å². The quantitative estimate of drug-likeness (QED) is 0.425. The molecule has 0 aliphatic rings. The zero-order valence-corrected chi connectivity index (χ0v) is 15.3. The van der Waals surface area contributed by atoms with Crippen LogP contribution in [0.25, 0.3) is 11.0 Å². The maximum absolute atomic E-state index is 11.9. The second-order valence-electron chi connectivity index (χ2n) is 5.70. The molecule has 3 N–H and O–H groups in total. The number of ether oxygens (including phenoxy) is 2. The number of H-pyrrole nitrogens is 1. The van der Waals surface area contributed by atoms with Crippen LogP contribution >= 0.6 is 0 Å². The van der Waals surface area contributed by atoms with Crippen LogP contribution < -0.4 is 15.2 Å². The van der Waals surface area contributed by atoms with E-state index in [4.69, 9.17) is 15.2 Å². The summed E-state index contributed by atoms with van der Waals surface area (Å²) in [5.41, 5.74) is 10.7. The van der Waals surface area contributed by atoms with Gasteiger partial charge in [-0.1, -0.05) is 0 Å². The van der Waals surface area contributed by atoms with E-state index in [0.29, 0.717) is 44.7 Å². The van der Waals surface area contributed by atoms with Gasteiger partial charge in [0.15, 0.2) is 5.82 Å². The van der Waals surface area contributed by atoms with Crippen LogP contribution in [0.5, 0.6) is 11.5 Å². The van der Waals surface area contributed by atoms with Gasteiger partial charge < -0.3 is 20.2 Å². The molecule has 130 valence electrons. The summed E-state index contributed by atoms with van der Waals surface area (Å²) >= 11 is 0.361. The van der Waals surface area contributed by atoms with Crippen molar-refractivity contribution < 1.29 is 13.7 Å². The van der Waals surface area contributed by atoms with Crippen molar-refractivity contribution >= 4 is 32.8 Å². The van der Waals surface area contributed by atoms with Crippen LogP contribution in [-0.4, -0.2) is 33.3 Å². The van der Waals surface area contributed by atoms with Gasteiger partial charge in [0.05, 0.1) is 25.3 Å². The molecule has 0 atom stereocenters. The van der Waals surface area contributed by atoms with Gasteiger partial charge in [-0.3, -0.25) is 0 Å². The van der Waals surface area contributed by atoms with Gasteiger partial charge >= 0.3 is 0 Å². The lowest BCUT2D eigenvalue weighted by Crippen LogP contribution is -2.12. The Kier molecular flexibility index (Phi) is 4.50. The summed E-state index contributed by atoms with van der Waals surface area (Å²) in [6, 6.07) is 7.31. The summed E-state index contributed by atoms with van der Waals surface area (Å²) in [7, 11) is 3.21. The topological polar surface area (TPSA) is 90.2 Å². The molecule has 0 amide bonds. The molecule has 0 radical (unpaired) electrons. The molecule has 0 aliphatic heterocycles. The van der Waals surface area contributed by atoms with Crippen LogP contribution in [0.3, 0.4) is 0 Å². The van der Waals surface area contributed by atoms with Crippen LogP contribution in [0.15, 0.2) is 24.3 Å². The molecule has 1 heterocycles. The number of hydrogen-bond donors (Lipinski definition) is 2. The summed E-state index contributed by atoms with van der Waals surface area (Å²) in [6.45, 7) is 3.81. The Bertz CT molecular complexity index is 1020. The van der Waals surface area contributed by atoms with Crippen molar-refractivity contribution in [2.75, 3.05) is 20.0 Å². The molecular formula is C18H19N3O3S. The summed E-state index contributed by atoms with van der Waals surface area (Å²) in [5.74, 6) is 1.91. The van der Waals surface area contributed by atoms with E-state index < -0.39 is 0 Å². The average molecular weight is 357 g/mol. The molecule has 1 aromatic heterocycles. The number of fused-ring (bicyclic) bond motifs is 1. The lowest BCUT2D eigenvalue weighted by Gasteiger charge is -2.15. The predicted octanol–water partition coefficient (Wildman–Crippen LogP) is 2.56. The van der Waals surface area contributed by atoms with Crippen molar-refractivity contribution in [2.45, 2.75) is 13.8 Å². The number of aryl methyl sites for hydroxylation is 1. The minimum atomic E-state index is 0.361. The molecule has 0 unspecified atom stereocenters. The zero-order chi connectivity index (χ0) is 18.1. The van der Waals surface area contributed by atoms with Crippen molar-refractivity contribution in [3.05, 3.63) is 46.8 Å². The molecule has 25 heavy (non-hydrogen) atoms. The molecule has 0 bridgehead atoms. The molecular weight excluding hydrogens is 338 g/mol. The third-order valence-electron chi connectivity index (χ3n) is 4.15. The van der Waals surface area contributed by atoms with Crippen LogP contribution in [0, 0.1) is 13.8 Å². The SMILES string of the molecule is COc1ccc2nc(C(=S=O)c3c(N)cc(C)c(OC)c3C)[nH]c2c1. The number of aromatic nitrogens is 2. The number of rotatable bonds is 4. The third kappa shape index (κ3) is 2.87. The largest absolute Gasteiger partial charge is 0.497 e. The molecule has 0 saturated carbocycles. The van der Waals surface area contributed by atoms with Gasteiger partial charge in [0.25, 0.3) is 0 Å². The fourth-order valence-electron chi connectivity index (χ4n) is 3.04. The Morgan fingerprint density at radius 1 is 1.20 bits per heavy atom. The zero-order valence-electron chi connectivity index (χ0n) is 14.5. The normalized spacial score (nSPS) is 10.7. The summed E-state index contributed by atoms with van der Waals surface area (Å²) in [4.78, 5) is 8.15. The van der Waals surface area contributed by atoms with Gasteiger partial charge in [-0.2, -0.15) is 0 Å². The number of imidazole rings is 1. The number of hydrogen-bond acceptors (Lipinski definition) is 5. The predicted molar refractivity (Wildman–Crippen MR) is 101 cm³/mol. The lowest BCUT2D eigenvalue weighted by atomic mass is 9.98. The van der Waals surface area contributed by atoms with Gasteiger partial charge in [-0.15, -0.1) is 0 Å². The first-order valence-corrected chi connectivity index (χ1v) is 8.39. The first kappa shape index (κ1) is 17.0. The Balaban J connectivity index is 2.21. The summed E-state index contributed by atoms with van der Waals surface area (Å²) in [5, 5.41) is 0. The molecule has 0 fully saturated rings. The summed E-state index contributed by atoms with van der Waals surface area (Å²) < 4.78 is 22.6. The molecule has 2 aromatic carbocycles. The van der Waals surface area contributed by atoms with Crippen LogP contribution in [0.2, 0.25) is 0 Å². The van der Waals surface area contributed by atoms with Crippen molar-refractivity contribution in [3.63, 3.8) is 0 Å². The Hall–Kier alpha value is -2.80. The van der Waals surface area contributed by atoms with E-state index in [1.807, 2.05) is 38.1 Å². The average Bonchev–Trinajstić information content (AvgIpc) is 3.01. The highest BCUT2D eigenvalue weighted by Gasteiger charge is 2.20. The Morgan fingerprint density at radius 3 is 2.60 bits per heavy atom. The number of nitrogens with one attached hydrogen (secondary N) is 1. The number of nitrogen functional groups attached to an aromatic ring is 1. The first-order chi connectivity index (χ1) is 12.0. The fourth-order valence-corrected chi connectivity index (χ4v) is 3.56. The number of methoxy groups -OCH3 is 2. The van der Waals surface area contributed by atoms with Crippen molar-refractivity contribution in [3.8, 4) is 11.5 Å². The van der Waals surface area contributed by atoms with E-state index in [9.17, 15) is 4.21 Å². The molecule has 3 aromatic rings. The van der Waals surface area contributed by atoms with Crippen molar-refractivity contribution in [2.24, 2.45) is 0 Å². The lowest BCUT2D eigenvalue weighted by molar-refractivity contribution is 0.408.